The van der Waals surface area contributed by atoms with Gasteiger partial charge in [0.2, 0.25) is 5.91 Å². The van der Waals surface area contributed by atoms with Gasteiger partial charge in [0.1, 0.15) is 6.54 Å². The summed E-state index contributed by atoms with van der Waals surface area (Å²) in [6.07, 6.45) is 6.70. The van der Waals surface area contributed by atoms with Crippen LogP contribution in [-0.2, 0) is 17.9 Å². The number of nitrogens with zero attached hydrogens (tertiary/aromatic N) is 4. The highest BCUT2D eigenvalue weighted by Gasteiger charge is 2.16. The van der Waals surface area contributed by atoms with Crippen molar-refractivity contribution in [3.05, 3.63) is 90.3 Å². The summed E-state index contributed by atoms with van der Waals surface area (Å²) >= 11 is 0. The minimum atomic E-state index is -0.107. The van der Waals surface area contributed by atoms with E-state index in [0.29, 0.717) is 6.54 Å². The fourth-order valence-corrected chi connectivity index (χ4v) is 3.79. The Hall–Kier alpha value is -3.14. The van der Waals surface area contributed by atoms with Gasteiger partial charge in [-0.05, 0) is 41.3 Å². The van der Waals surface area contributed by atoms with Crippen LogP contribution in [0.5, 0.6) is 0 Å². The van der Waals surface area contributed by atoms with Crippen molar-refractivity contribution in [3.8, 4) is 0 Å². The number of nitrogens with one attached hydrogen (secondary N) is 2. The third kappa shape index (κ3) is 6.92. The van der Waals surface area contributed by atoms with Crippen LogP contribution in [0.4, 0.5) is 5.69 Å². The van der Waals surface area contributed by atoms with Gasteiger partial charge in [-0.3, -0.25) is 14.5 Å². The van der Waals surface area contributed by atoms with E-state index in [1.165, 1.54) is 11.1 Å². The van der Waals surface area contributed by atoms with E-state index in [2.05, 4.69) is 56.0 Å². The zero-order valence-electron chi connectivity index (χ0n) is 18.6. The molecule has 0 saturated heterocycles. The van der Waals surface area contributed by atoms with E-state index in [9.17, 15) is 4.79 Å². The normalized spacial score (nSPS) is 13.7. The molecular weight excluding hydrogens is 527 g/mol. The van der Waals surface area contributed by atoms with Crippen molar-refractivity contribution in [2.75, 3.05) is 25.5 Å². The second-order valence-electron chi connectivity index (χ2n) is 7.64. The molecule has 1 aliphatic rings. The number of guanidine groups is 1. The predicted molar refractivity (Wildman–Crippen MR) is 144 cm³/mol. The van der Waals surface area contributed by atoms with Gasteiger partial charge in [0.15, 0.2) is 5.96 Å². The van der Waals surface area contributed by atoms with Gasteiger partial charge in [0.05, 0.1) is 0 Å². The molecular formula is C25H29IN6O. The summed E-state index contributed by atoms with van der Waals surface area (Å²) in [5.41, 5.74) is 4.52. The number of hydrogen-bond acceptors (Lipinski definition) is 3. The first-order valence-electron chi connectivity index (χ1n) is 10.8. The first-order chi connectivity index (χ1) is 15.7. The maximum atomic E-state index is 12.2. The predicted octanol–water partition coefficient (Wildman–Crippen LogP) is 4.00. The van der Waals surface area contributed by atoms with Crippen LogP contribution >= 0.6 is 24.0 Å². The van der Waals surface area contributed by atoms with Crippen LogP contribution in [0.2, 0.25) is 0 Å². The van der Waals surface area contributed by atoms with Gasteiger partial charge >= 0.3 is 0 Å². The molecule has 0 bridgehead atoms. The lowest BCUT2D eigenvalue weighted by molar-refractivity contribution is -0.116. The molecule has 8 heteroatoms. The van der Waals surface area contributed by atoms with Gasteiger partial charge in [-0.15, -0.1) is 24.0 Å². The van der Waals surface area contributed by atoms with Gasteiger partial charge in [0.25, 0.3) is 0 Å². The van der Waals surface area contributed by atoms with Crippen LogP contribution in [0.25, 0.3) is 5.57 Å². The Bertz CT molecular complexity index is 1100. The molecule has 0 saturated carbocycles. The first kappa shape index (κ1) is 24.5. The molecule has 0 unspecified atom stereocenters. The maximum Gasteiger partial charge on any atom is 0.246 e. The van der Waals surface area contributed by atoms with Crippen molar-refractivity contribution >= 4 is 47.1 Å². The molecule has 7 nitrogen and oxygen atoms in total. The minimum Gasteiger partial charge on any atom is -0.352 e. The number of rotatable bonds is 6. The summed E-state index contributed by atoms with van der Waals surface area (Å²) in [5.74, 6) is 0.769. The quantitative estimate of drug-likeness (QED) is 0.274. The number of amides is 1. The Labute approximate surface area is 211 Å². The molecule has 2 N–H and O–H groups in total. The minimum absolute atomic E-state index is 0. The van der Waals surface area contributed by atoms with E-state index in [4.69, 9.17) is 0 Å². The van der Waals surface area contributed by atoms with Gasteiger partial charge in [-0.2, -0.15) is 5.10 Å². The van der Waals surface area contributed by atoms with Gasteiger partial charge < -0.3 is 15.5 Å². The smallest absolute Gasteiger partial charge is 0.246 e. The zero-order chi connectivity index (χ0) is 22.2. The second-order valence-corrected chi connectivity index (χ2v) is 7.64. The summed E-state index contributed by atoms with van der Waals surface area (Å²) < 4.78 is 1.60. The number of benzene rings is 2. The lowest BCUT2D eigenvalue weighted by Crippen LogP contribution is -2.43. The third-order valence-corrected chi connectivity index (χ3v) is 5.39. The number of aromatic nitrogens is 2. The number of aliphatic imine (C=N–C) groups is 1. The number of anilines is 1. The molecule has 1 aliphatic heterocycles. The first-order valence-corrected chi connectivity index (χ1v) is 10.8. The van der Waals surface area contributed by atoms with E-state index in [-0.39, 0.29) is 36.4 Å². The fourth-order valence-electron chi connectivity index (χ4n) is 3.79. The molecule has 1 aromatic heterocycles. The fraction of sp³-hybridized carbons (Fsp3) is 0.240. The van der Waals surface area contributed by atoms with Crippen LogP contribution in [-0.4, -0.2) is 46.7 Å². The zero-order valence-corrected chi connectivity index (χ0v) is 21.0. The molecule has 4 rings (SSSR count). The molecule has 2 aromatic carbocycles. The standard InChI is InChI=1S/C25H28N6O.HI/c1-26-25(30-15-11-22(12-16-30)21-8-3-2-4-9-21)27-18-20-7-5-10-23(17-20)29-24(32)19-31-14-6-13-28-31;/h2-11,13-14,17H,12,15-16,18-19H2,1H3,(H,26,27)(H,29,32);1H. The van der Waals surface area contributed by atoms with Crippen molar-refractivity contribution in [3.63, 3.8) is 0 Å². The molecule has 0 fully saturated rings. The summed E-state index contributed by atoms with van der Waals surface area (Å²) in [5, 5.41) is 10.4. The van der Waals surface area contributed by atoms with Crippen molar-refractivity contribution in [2.24, 2.45) is 4.99 Å². The van der Waals surface area contributed by atoms with E-state index in [1.54, 1.807) is 23.1 Å². The average Bonchev–Trinajstić information content (AvgIpc) is 3.33. The van der Waals surface area contributed by atoms with Crippen LogP contribution in [0.15, 0.2) is 84.1 Å². The highest BCUT2D eigenvalue weighted by molar-refractivity contribution is 14.0. The summed E-state index contributed by atoms with van der Waals surface area (Å²) in [6.45, 7) is 2.56. The number of halogens is 1. The van der Waals surface area contributed by atoms with Crippen LogP contribution in [0, 0.1) is 0 Å². The maximum absolute atomic E-state index is 12.2. The van der Waals surface area contributed by atoms with Gasteiger partial charge in [-0.1, -0.05) is 48.5 Å². The van der Waals surface area contributed by atoms with Crippen LogP contribution in [0.1, 0.15) is 17.5 Å². The second kappa shape index (κ2) is 12.2. The van der Waals surface area contributed by atoms with Crippen molar-refractivity contribution in [1.29, 1.82) is 0 Å². The molecule has 2 heterocycles. The number of hydrogen-bond donors (Lipinski definition) is 2. The Morgan fingerprint density at radius 2 is 1.97 bits per heavy atom. The average molecular weight is 556 g/mol. The van der Waals surface area contributed by atoms with Crippen LogP contribution in [0.3, 0.4) is 0 Å². The third-order valence-electron chi connectivity index (χ3n) is 5.39. The largest absolute Gasteiger partial charge is 0.352 e. The highest BCUT2D eigenvalue weighted by atomic mass is 127. The molecule has 0 atom stereocenters. The number of carbonyl (C=O) groups is 1. The Kier molecular flexibility index (Phi) is 9.05. The lowest BCUT2D eigenvalue weighted by Gasteiger charge is -2.30. The molecule has 0 radical (unpaired) electrons. The molecule has 0 aliphatic carbocycles. The summed E-state index contributed by atoms with van der Waals surface area (Å²) in [6, 6.07) is 20.2. The van der Waals surface area contributed by atoms with Gasteiger partial charge in [0, 0.05) is 44.8 Å². The summed E-state index contributed by atoms with van der Waals surface area (Å²) in [7, 11) is 1.81. The van der Waals surface area contributed by atoms with E-state index < -0.39 is 0 Å². The summed E-state index contributed by atoms with van der Waals surface area (Å²) in [4.78, 5) is 18.9. The Balaban J connectivity index is 0.00000306. The van der Waals surface area contributed by atoms with E-state index in [1.807, 2.05) is 37.4 Å². The lowest BCUT2D eigenvalue weighted by atomic mass is 10.00. The Morgan fingerprint density at radius 1 is 1.12 bits per heavy atom. The monoisotopic (exact) mass is 556 g/mol. The van der Waals surface area contributed by atoms with Crippen molar-refractivity contribution in [2.45, 2.75) is 19.5 Å². The van der Waals surface area contributed by atoms with Crippen LogP contribution < -0.4 is 10.6 Å². The van der Waals surface area contributed by atoms with Crippen molar-refractivity contribution < 1.29 is 4.79 Å². The van der Waals surface area contributed by atoms with Crippen molar-refractivity contribution in [1.82, 2.24) is 20.0 Å². The Morgan fingerprint density at radius 3 is 2.67 bits per heavy atom. The molecule has 1 amide bonds. The molecule has 172 valence electrons. The molecule has 0 spiro atoms. The van der Waals surface area contributed by atoms with Gasteiger partial charge in [-0.25, -0.2) is 0 Å². The van der Waals surface area contributed by atoms with E-state index >= 15 is 0 Å². The highest BCUT2D eigenvalue weighted by Crippen LogP contribution is 2.22. The van der Waals surface area contributed by atoms with E-state index in [0.717, 1.165) is 36.7 Å². The molecule has 3 aromatic rings. The topological polar surface area (TPSA) is 74.5 Å². The molecule has 33 heavy (non-hydrogen) atoms. The SMILES string of the molecule is CN=C(NCc1cccc(NC(=O)Cn2cccn2)c1)N1CC=C(c2ccccc2)CC1.I. The number of carbonyl (C=O) groups excluding carboxylic acids is 1.